The summed E-state index contributed by atoms with van der Waals surface area (Å²) in [5, 5.41) is 8.85. The van der Waals surface area contributed by atoms with Gasteiger partial charge < -0.3 is 4.74 Å². The Morgan fingerprint density at radius 2 is 2.15 bits per heavy atom. The maximum absolute atomic E-state index is 11.1. The normalized spacial score (nSPS) is 9.85. The van der Waals surface area contributed by atoms with Crippen LogP contribution in [0.2, 0.25) is 0 Å². The van der Waals surface area contributed by atoms with Crippen molar-refractivity contribution in [2.75, 3.05) is 0 Å². The SMILES string of the molecule is Cc1cc(C=O)c(OCc2cccc(C#N)c2)cc1Br. The summed E-state index contributed by atoms with van der Waals surface area (Å²) in [4.78, 5) is 11.1. The summed E-state index contributed by atoms with van der Waals surface area (Å²) in [7, 11) is 0. The first kappa shape index (κ1) is 14.3. The van der Waals surface area contributed by atoms with Gasteiger partial charge in [0.1, 0.15) is 12.4 Å². The summed E-state index contributed by atoms with van der Waals surface area (Å²) >= 11 is 3.42. The number of aryl methyl sites for hydroxylation is 1. The zero-order chi connectivity index (χ0) is 14.5. The zero-order valence-corrected chi connectivity index (χ0v) is 12.5. The highest BCUT2D eigenvalue weighted by Gasteiger charge is 2.07. The molecule has 0 atom stereocenters. The van der Waals surface area contributed by atoms with Gasteiger partial charge >= 0.3 is 0 Å². The monoisotopic (exact) mass is 329 g/mol. The van der Waals surface area contributed by atoms with Crippen LogP contribution in [0.3, 0.4) is 0 Å². The summed E-state index contributed by atoms with van der Waals surface area (Å²) in [6.07, 6.45) is 0.778. The second-order valence-electron chi connectivity index (χ2n) is 4.36. The molecule has 0 unspecified atom stereocenters. The summed E-state index contributed by atoms with van der Waals surface area (Å²) in [6, 6.07) is 12.8. The zero-order valence-electron chi connectivity index (χ0n) is 10.9. The number of hydrogen-bond donors (Lipinski definition) is 0. The minimum atomic E-state index is 0.311. The van der Waals surface area contributed by atoms with Gasteiger partial charge in [0.2, 0.25) is 0 Å². The lowest BCUT2D eigenvalue weighted by Gasteiger charge is -2.10. The Hall–Kier alpha value is -2.12. The number of rotatable bonds is 4. The van der Waals surface area contributed by atoms with Gasteiger partial charge in [0, 0.05) is 4.47 Å². The van der Waals surface area contributed by atoms with Gasteiger partial charge in [0.05, 0.1) is 17.2 Å². The highest BCUT2D eigenvalue weighted by Crippen LogP contribution is 2.27. The van der Waals surface area contributed by atoms with Crippen molar-refractivity contribution in [3.05, 3.63) is 63.1 Å². The second-order valence-corrected chi connectivity index (χ2v) is 5.21. The fraction of sp³-hybridized carbons (Fsp3) is 0.125. The van der Waals surface area contributed by atoms with Crippen LogP contribution < -0.4 is 4.74 Å². The number of halogens is 1. The van der Waals surface area contributed by atoms with Crippen LogP contribution in [-0.2, 0) is 6.61 Å². The molecule has 4 heteroatoms. The minimum Gasteiger partial charge on any atom is -0.488 e. The molecule has 0 spiro atoms. The van der Waals surface area contributed by atoms with E-state index in [4.69, 9.17) is 10.00 Å². The molecule has 2 aromatic rings. The Bertz CT molecular complexity index is 689. The number of hydrogen-bond acceptors (Lipinski definition) is 3. The molecule has 0 N–H and O–H groups in total. The van der Waals surface area contributed by atoms with E-state index in [1.165, 1.54) is 0 Å². The van der Waals surface area contributed by atoms with E-state index in [-0.39, 0.29) is 0 Å². The lowest BCUT2D eigenvalue weighted by molar-refractivity contribution is 0.111. The number of benzene rings is 2. The van der Waals surface area contributed by atoms with E-state index in [1.807, 2.05) is 19.1 Å². The number of aldehydes is 1. The lowest BCUT2D eigenvalue weighted by atomic mass is 10.1. The molecular formula is C16H12BrNO2. The van der Waals surface area contributed by atoms with E-state index in [9.17, 15) is 4.79 Å². The van der Waals surface area contributed by atoms with E-state index < -0.39 is 0 Å². The lowest BCUT2D eigenvalue weighted by Crippen LogP contribution is -1.99. The van der Waals surface area contributed by atoms with Gasteiger partial charge in [-0.05, 0) is 42.3 Å². The highest BCUT2D eigenvalue weighted by molar-refractivity contribution is 9.10. The molecule has 20 heavy (non-hydrogen) atoms. The first-order valence-corrected chi connectivity index (χ1v) is 6.80. The second kappa shape index (κ2) is 6.36. The van der Waals surface area contributed by atoms with Crippen LogP contribution >= 0.6 is 15.9 Å². The summed E-state index contributed by atoms with van der Waals surface area (Å²) < 4.78 is 6.57. The molecule has 2 rings (SSSR count). The maximum atomic E-state index is 11.1. The van der Waals surface area contributed by atoms with Gasteiger partial charge in [-0.25, -0.2) is 0 Å². The van der Waals surface area contributed by atoms with Crippen LogP contribution in [0.1, 0.15) is 27.0 Å². The number of nitrogens with zero attached hydrogens (tertiary/aromatic N) is 1. The van der Waals surface area contributed by atoms with E-state index in [0.29, 0.717) is 23.5 Å². The Balaban J connectivity index is 2.20. The third-order valence-electron chi connectivity index (χ3n) is 2.87. The molecule has 0 aliphatic carbocycles. The smallest absolute Gasteiger partial charge is 0.153 e. The van der Waals surface area contributed by atoms with Crippen molar-refractivity contribution in [2.24, 2.45) is 0 Å². The predicted molar refractivity (Wildman–Crippen MR) is 79.8 cm³/mol. The maximum Gasteiger partial charge on any atom is 0.153 e. The van der Waals surface area contributed by atoms with Gasteiger partial charge in [-0.2, -0.15) is 5.26 Å². The molecule has 0 aliphatic rings. The number of ether oxygens (including phenoxy) is 1. The largest absolute Gasteiger partial charge is 0.488 e. The molecule has 0 saturated heterocycles. The molecular weight excluding hydrogens is 318 g/mol. The fourth-order valence-electron chi connectivity index (χ4n) is 1.79. The number of carbonyl (C=O) groups is 1. The summed E-state index contributed by atoms with van der Waals surface area (Å²) in [5.41, 5.74) is 2.97. The molecule has 100 valence electrons. The summed E-state index contributed by atoms with van der Waals surface area (Å²) in [6.45, 7) is 2.23. The van der Waals surface area contributed by atoms with Crippen LogP contribution in [0, 0.1) is 18.3 Å². The van der Waals surface area contributed by atoms with Crippen LogP contribution in [0.25, 0.3) is 0 Å². The number of carbonyl (C=O) groups excluding carboxylic acids is 1. The molecule has 0 aromatic heterocycles. The molecule has 0 heterocycles. The molecule has 0 fully saturated rings. The number of nitriles is 1. The van der Waals surface area contributed by atoms with Crippen LogP contribution in [0.5, 0.6) is 5.75 Å². The van der Waals surface area contributed by atoms with Gasteiger partial charge in [-0.15, -0.1) is 0 Å². The van der Waals surface area contributed by atoms with Gasteiger partial charge in [0.15, 0.2) is 6.29 Å². The highest BCUT2D eigenvalue weighted by atomic mass is 79.9. The van der Waals surface area contributed by atoms with Crippen molar-refractivity contribution in [3.63, 3.8) is 0 Å². The van der Waals surface area contributed by atoms with E-state index in [1.54, 1.807) is 24.3 Å². The predicted octanol–water partition coefficient (Wildman–Crippen LogP) is 4.02. The van der Waals surface area contributed by atoms with E-state index in [0.717, 1.165) is 21.9 Å². The average molecular weight is 330 g/mol. The molecule has 3 nitrogen and oxygen atoms in total. The van der Waals surface area contributed by atoms with Crippen LogP contribution in [0.4, 0.5) is 0 Å². The topological polar surface area (TPSA) is 50.1 Å². The van der Waals surface area contributed by atoms with Crippen molar-refractivity contribution in [1.82, 2.24) is 0 Å². The average Bonchev–Trinajstić information content (AvgIpc) is 2.48. The van der Waals surface area contributed by atoms with Crippen molar-refractivity contribution in [3.8, 4) is 11.8 Å². The fourth-order valence-corrected chi connectivity index (χ4v) is 2.12. The van der Waals surface area contributed by atoms with Crippen molar-refractivity contribution in [2.45, 2.75) is 13.5 Å². The molecule has 0 amide bonds. The van der Waals surface area contributed by atoms with Crippen molar-refractivity contribution >= 4 is 22.2 Å². The standard InChI is InChI=1S/C16H12BrNO2/c1-11-5-14(9-19)16(7-15(11)17)20-10-13-4-2-3-12(6-13)8-18/h2-7,9H,10H2,1H3. The molecule has 0 aliphatic heterocycles. The summed E-state index contributed by atoms with van der Waals surface area (Å²) in [5.74, 6) is 0.528. The Kier molecular flexibility index (Phi) is 4.54. The molecule has 0 bridgehead atoms. The van der Waals surface area contributed by atoms with Crippen LogP contribution in [-0.4, -0.2) is 6.29 Å². The molecule has 0 radical (unpaired) electrons. The Morgan fingerprint density at radius 1 is 1.35 bits per heavy atom. The molecule has 2 aromatic carbocycles. The van der Waals surface area contributed by atoms with Crippen molar-refractivity contribution < 1.29 is 9.53 Å². The van der Waals surface area contributed by atoms with Gasteiger partial charge in [-0.1, -0.05) is 28.1 Å². The first-order valence-electron chi connectivity index (χ1n) is 6.01. The quantitative estimate of drug-likeness (QED) is 0.796. The first-order chi connectivity index (χ1) is 9.63. The van der Waals surface area contributed by atoms with Gasteiger partial charge in [0.25, 0.3) is 0 Å². The van der Waals surface area contributed by atoms with Crippen LogP contribution in [0.15, 0.2) is 40.9 Å². The third-order valence-corrected chi connectivity index (χ3v) is 3.72. The Labute approximate surface area is 125 Å². The van der Waals surface area contributed by atoms with E-state index in [2.05, 4.69) is 22.0 Å². The van der Waals surface area contributed by atoms with Gasteiger partial charge in [-0.3, -0.25) is 4.79 Å². The third kappa shape index (κ3) is 3.25. The van der Waals surface area contributed by atoms with E-state index >= 15 is 0 Å². The minimum absolute atomic E-state index is 0.311. The Morgan fingerprint density at radius 3 is 2.85 bits per heavy atom. The van der Waals surface area contributed by atoms with Crippen molar-refractivity contribution in [1.29, 1.82) is 5.26 Å². The molecule has 0 saturated carbocycles.